The molecule has 4 atom stereocenters. The number of rotatable bonds is 8. The van der Waals surface area contributed by atoms with Gasteiger partial charge in [-0.25, -0.2) is 13.2 Å². The fourth-order valence-corrected chi connectivity index (χ4v) is 15.7. The van der Waals surface area contributed by atoms with Crippen molar-refractivity contribution in [3.63, 3.8) is 0 Å². The van der Waals surface area contributed by atoms with Crippen molar-refractivity contribution in [3.05, 3.63) is 47.7 Å². The van der Waals surface area contributed by atoms with Gasteiger partial charge in [-0.2, -0.15) is 9.97 Å². The van der Waals surface area contributed by atoms with Gasteiger partial charge >= 0.3 is 6.01 Å². The first kappa shape index (κ1) is 37.1. The lowest BCUT2D eigenvalue weighted by molar-refractivity contribution is 0.107. The molecule has 11 heteroatoms. The van der Waals surface area contributed by atoms with Gasteiger partial charge in [0.2, 0.25) is 0 Å². The largest absolute Gasteiger partial charge is 0.508 e. The van der Waals surface area contributed by atoms with E-state index in [1.165, 1.54) is 12.1 Å². The summed E-state index contributed by atoms with van der Waals surface area (Å²) in [5.74, 6) is 3.14. The number of anilines is 1. The van der Waals surface area contributed by atoms with Gasteiger partial charge in [0.15, 0.2) is 5.82 Å². The molecule has 4 aliphatic rings. The van der Waals surface area contributed by atoms with Crippen LogP contribution in [0.3, 0.4) is 0 Å². The molecule has 2 aromatic carbocycles. The number of phenolic OH excluding ortho intramolecular Hbond substituents is 1. The van der Waals surface area contributed by atoms with Gasteiger partial charge in [-0.15, -0.1) is 5.54 Å². The third kappa shape index (κ3) is 6.21. The van der Waals surface area contributed by atoms with E-state index in [0.29, 0.717) is 63.5 Å². The van der Waals surface area contributed by atoms with Crippen LogP contribution >= 0.6 is 0 Å². The van der Waals surface area contributed by atoms with E-state index in [-0.39, 0.29) is 40.7 Å². The number of hydrogen-bond donors (Lipinski definition) is 1. The lowest BCUT2D eigenvalue weighted by Crippen LogP contribution is -2.43. The van der Waals surface area contributed by atoms with Crippen LogP contribution in [0.2, 0.25) is 16.6 Å². The Balaban J connectivity index is 1.29. The Hall–Kier alpha value is -3.88. The topological polar surface area (TPSA) is 74.6 Å². The number of aromatic hydroxyl groups is 1. The summed E-state index contributed by atoms with van der Waals surface area (Å²) in [7, 11) is -2.27. The van der Waals surface area contributed by atoms with Crippen molar-refractivity contribution in [3.8, 4) is 34.5 Å². The summed E-state index contributed by atoms with van der Waals surface area (Å²) in [6.07, 6.45) is 7.24. The average Bonchev–Trinajstić information content (AvgIpc) is 3.73. The highest BCUT2D eigenvalue weighted by molar-refractivity contribution is 6.90. The van der Waals surface area contributed by atoms with Crippen LogP contribution in [-0.4, -0.2) is 77.0 Å². The fraction of sp³-hybridized carbons (Fsp3) is 0.558. The summed E-state index contributed by atoms with van der Waals surface area (Å²) in [4.78, 5) is 18.8. The molecule has 0 radical (unpaired) electrons. The second kappa shape index (κ2) is 14.0. The van der Waals surface area contributed by atoms with Gasteiger partial charge in [0, 0.05) is 42.7 Å². The normalized spacial score (nSPS) is 24.3. The molecule has 3 aliphatic heterocycles. The fourth-order valence-electron chi connectivity index (χ4n) is 10.5. The Morgan fingerprint density at radius 1 is 1.02 bits per heavy atom. The maximum absolute atomic E-state index is 17.4. The molecule has 4 aromatic rings. The lowest BCUT2D eigenvalue weighted by Gasteiger charge is -2.38. The smallest absolute Gasteiger partial charge is 0.319 e. The summed E-state index contributed by atoms with van der Waals surface area (Å²) in [6.45, 7) is 15.5. The van der Waals surface area contributed by atoms with Gasteiger partial charge < -0.3 is 14.7 Å². The summed E-state index contributed by atoms with van der Waals surface area (Å²) >= 11 is 0. The summed E-state index contributed by atoms with van der Waals surface area (Å²) in [5, 5.41) is 12.3. The van der Waals surface area contributed by atoms with Crippen LogP contribution in [0.4, 0.5) is 19.0 Å². The van der Waals surface area contributed by atoms with Crippen molar-refractivity contribution >= 4 is 35.6 Å². The second-order valence-corrected chi connectivity index (χ2v) is 22.9. The minimum atomic E-state index is -2.27. The van der Waals surface area contributed by atoms with Crippen molar-refractivity contribution in [2.75, 3.05) is 31.1 Å². The number of ether oxygens (including phenoxy) is 1. The van der Waals surface area contributed by atoms with Gasteiger partial charge in [-0.1, -0.05) is 60.0 Å². The van der Waals surface area contributed by atoms with Crippen LogP contribution < -0.4 is 9.64 Å². The molecule has 0 amide bonds. The zero-order valence-corrected chi connectivity index (χ0v) is 33.4. The highest BCUT2D eigenvalue weighted by atomic mass is 28.3. The monoisotopic (exact) mass is 755 g/mol. The third-order valence-electron chi connectivity index (χ3n) is 13.2. The first-order valence-corrected chi connectivity index (χ1v) is 22.2. The van der Waals surface area contributed by atoms with Crippen molar-refractivity contribution in [2.24, 2.45) is 5.92 Å². The Morgan fingerprint density at radius 2 is 1.80 bits per heavy atom. The van der Waals surface area contributed by atoms with Crippen molar-refractivity contribution < 1.29 is 23.0 Å². The highest BCUT2D eigenvalue weighted by Crippen LogP contribution is 2.47. The van der Waals surface area contributed by atoms with Crippen LogP contribution in [0.25, 0.3) is 32.9 Å². The number of fused-ring (bicyclic) bond motifs is 4. The molecule has 1 N–H and O–H groups in total. The number of phenols is 1. The number of halogens is 3. The first-order chi connectivity index (χ1) is 25.8. The number of nitrogens with zero attached hydrogens (tertiary/aromatic N) is 5. The molecule has 8 rings (SSSR count). The lowest BCUT2D eigenvalue weighted by atomic mass is 9.95. The summed E-state index contributed by atoms with van der Waals surface area (Å²) < 4.78 is 54.4. The van der Waals surface area contributed by atoms with Gasteiger partial charge in [-0.3, -0.25) is 9.88 Å². The van der Waals surface area contributed by atoms with Crippen LogP contribution in [0.1, 0.15) is 92.1 Å². The highest BCUT2D eigenvalue weighted by Gasteiger charge is 2.50. The molecule has 2 aromatic heterocycles. The predicted octanol–water partition coefficient (Wildman–Crippen LogP) is 9.73. The molecule has 286 valence electrons. The zero-order valence-electron chi connectivity index (χ0n) is 32.4. The van der Waals surface area contributed by atoms with E-state index >= 15 is 8.78 Å². The van der Waals surface area contributed by atoms with Crippen LogP contribution in [0, 0.1) is 29.0 Å². The Labute approximate surface area is 317 Å². The van der Waals surface area contributed by atoms with Crippen molar-refractivity contribution in [1.82, 2.24) is 19.9 Å². The van der Waals surface area contributed by atoms with E-state index in [4.69, 9.17) is 19.7 Å². The number of hydrogen-bond acceptors (Lipinski definition) is 7. The molecule has 1 aliphatic carbocycles. The molecular formula is C43H52F3N5O2Si. The van der Waals surface area contributed by atoms with Gasteiger partial charge in [0.1, 0.15) is 49.4 Å². The molecule has 5 heterocycles. The number of benzene rings is 2. The third-order valence-corrected chi connectivity index (χ3v) is 19.5. The van der Waals surface area contributed by atoms with E-state index < -0.39 is 31.4 Å². The standard InChI is InChI=1S/C43H52F3N5O2Si/c1-25(2)54(26(3)4,27(5)6)17-13-32-35(45)12-11-29-18-31(52)20-33(37(29)32)39-38(46)40-34(22-47-39)41(51-16-8-7-10-28-19-36(28)51)49-42(48-40)53-24-43-14-9-15-50(43)23-30(44)21-43/h11-12,18,20,22,25-28,30,36,52H,7-10,14-16,19,21,23-24H2,1-6H3/t28?,30-,36?,43+/m1/s1. The summed E-state index contributed by atoms with van der Waals surface area (Å²) in [5.41, 5.74) is 4.59. The van der Waals surface area contributed by atoms with E-state index in [9.17, 15) is 9.50 Å². The van der Waals surface area contributed by atoms with Gasteiger partial charge in [0.25, 0.3) is 0 Å². The van der Waals surface area contributed by atoms with Crippen molar-refractivity contribution in [2.45, 2.75) is 121 Å². The molecule has 7 nitrogen and oxygen atoms in total. The minimum absolute atomic E-state index is 0.0448. The number of aromatic nitrogens is 3. The molecule has 0 spiro atoms. The Bertz CT molecular complexity index is 2150. The predicted molar refractivity (Wildman–Crippen MR) is 211 cm³/mol. The molecule has 54 heavy (non-hydrogen) atoms. The first-order valence-electron chi connectivity index (χ1n) is 20.0. The van der Waals surface area contributed by atoms with Crippen molar-refractivity contribution in [1.29, 1.82) is 0 Å². The SMILES string of the molecule is CC(C)[Si](C#Cc1c(F)ccc2cc(O)cc(-c3ncc4c(N5CCCCC6CC65)nc(OC[C@@]56CCCN5C[C@H](F)C6)nc4c3F)c12)(C(C)C)C(C)C. The molecule has 4 fully saturated rings. The number of alkyl halides is 1. The van der Waals surface area contributed by atoms with Crippen LogP contribution in [0.15, 0.2) is 30.5 Å². The molecule has 0 bridgehead atoms. The number of pyridine rings is 1. The van der Waals surface area contributed by atoms with Crippen LogP contribution in [0.5, 0.6) is 11.8 Å². The molecule has 2 unspecified atom stereocenters. The molecule has 1 saturated carbocycles. The Kier molecular flexibility index (Phi) is 9.61. The minimum Gasteiger partial charge on any atom is -0.508 e. The molecular weight excluding hydrogens is 704 g/mol. The quantitative estimate of drug-likeness (QED) is 0.142. The maximum atomic E-state index is 17.4. The van der Waals surface area contributed by atoms with E-state index in [1.807, 2.05) is 0 Å². The van der Waals surface area contributed by atoms with E-state index in [0.717, 1.165) is 51.6 Å². The summed E-state index contributed by atoms with van der Waals surface area (Å²) in [6, 6.07) is 6.30. The zero-order chi connectivity index (χ0) is 38.1. The maximum Gasteiger partial charge on any atom is 0.319 e. The average molecular weight is 756 g/mol. The van der Waals surface area contributed by atoms with Gasteiger partial charge in [-0.05, 0) is 84.8 Å². The Morgan fingerprint density at radius 3 is 2.56 bits per heavy atom. The van der Waals surface area contributed by atoms with E-state index in [2.05, 4.69) is 62.8 Å². The molecule has 3 saturated heterocycles. The van der Waals surface area contributed by atoms with E-state index in [1.54, 1.807) is 18.3 Å². The van der Waals surface area contributed by atoms with Crippen LogP contribution in [-0.2, 0) is 0 Å². The second-order valence-electron chi connectivity index (χ2n) is 17.3. The van der Waals surface area contributed by atoms with Gasteiger partial charge in [0.05, 0.1) is 16.5 Å².